The molecule has 110 valence electrons. The third-order valence-electron chi connectivity index (χ3n) is 4.29. The summed E-state index contributed by atoms with van der Waals surface area (Å²) in [5.74, 6) is 0.679. The van der Waals surface area contributed by atoms with Crippen LogP contribution in [0, 0.1) is 0 Å². The number of likely N-dealkylation sites (tertiary alicyclic amines) is 1. The van der Waals surface area contributed by atoms with Crippen LogP contribution in [0.3, 0.4) is 0 Å². The second-order valence-corrected chi connectivity index (χ2v) is 6.18. The molecule has 2 fully saturated rings. The summed E-state index contributed by atoms with van der Waals surface area (Å²) in [5.41, 5.74) is 9.86. The third-order valence-corrected chi connectivity index (χ3v) is 4.29. The lowest BCUT2D eigenvalue weighted by Crippen LogP contribution is -2.26. The largest absolute Gasteiger partial charge is 0.326 e. The molecule has 1 atom stereocenters. The zero-order valence-corrected chi connectivity index (χ0v) is 12.0. The molecule has 4 rings (SSSR count). The van der Waals surface area contributed by atoms with E-state index >= 15 is 0 Å². The second-order valence-electron chi connectivity index (χ2n) is 6.18. The minimum Gasteiger partial charge on any atom is -0.326 e. The summed E-state index contributed by atoms with van der Waals surface area (Å²) in [6.45, 7) is 2.83. The molecule has 1 aliphatic heterocycles. The van der Waals surface area contributed by atoms with E-state index in [1.165, 1.54) is 18.5 Å². The van der Waals surface area contributed by atoms with Crippen molar-refractivity contribution in [2.24, 2.45) is 5.73 Å². The molecule has 21 heavy (non-hydrogen) atoms. The van der Waals surface area contributed by atoms with Crippen molar-refractivity contribution in [1.29, 1.82) is 0 Å². The van der Waals surface area contributed by atoms with Crippen molar-refractivity contribution in [3.63, 3.8) is 0 Å². The molecule has 1 saturated carbocycles. The zero-order valence-electron chi connectivity index (χ0n) is 12.0. The van der Waals surface area contributed by atoms with E-state index in [0.29, 0.717) is 12.0 Å². The fourth-order valence-corrected chi connectivity index (χ4v) is 2.89. The van der Waals surface area contributed by atoms with E-state index in [4.69, 9.17) is 5.73 Å². The summed E-state index contributed by atoms with van der Waals surface area (Å²) >= 11 is 0. The van der Waals surface area contributed by atoms with E-state index < -0.39 is 0 Å². The van der Waals surface area contributed by atoms with Gasteiger partial charge in [0, 0.05) is 37.3 Å². The summed E-state index contributed by atoms with van der Waals surface area (Å²) < 4.78 is 0. The zero-order chi connectivity index (χ0) is 14.2. The van der Waals surface area contributed by atoms with Crippen molar-refractivity contribution in [2.45, 2.75) is 37.8 Å². The topological polar surface area (TPSA) is 83.7 Å². The first kappa shape index (κ1) is 12.9. The molecule has 0 amide bonds. The molecule has 2 aliphatic rings. The van der Waals surface area contributed by atoms with Gasteiger partial charge < -0.3 is 5.73 Å². The highest BCUT2D eigenvalue weighted by Gasteiger charge is 2.26. The third kappa shape index (κ3) is 2.82. The smallest absolute Gasteiger partial charge is 0.113 e. The van der Waals surface area contributed by atoms with Gasteiger partial charge in [0.15, 0.2) is 0 Å². The van der Waals surface area contributed by atoms with Crippen molar-refractivity contribution in [2.75, 3.05) is 13.1 Å². The lowest BCUT2D eigenvalue weighted by molar-refractivity contribution is 0.321. The Bertz CT molecular complexity index is 615. The van der Waals surface area contributed by atoms with Crippen LogP contribution in [0.5, 0.6) is 0 Å². The van der Waals surface area contributed by atoms with Gasteiger partial charge in [-0.25, -0.2) is 0 Å². The van der Waals surface area contributed by atoms with Gasteiger partial charge in [0.1, 0.15) is 11.4 Å². The van der Waals surface area contributed by atoms with Crippen LogP contribution in [0.4, 0.5) is 0 Å². The van der Waals surface area contributed by atoms with E-state index in [0.717, 1.165) is 43.1 Å². The van der Waals surface area contributed by atoms with E-state index in [9.17, 15) is 0 Å². The van der Waals surface area contributed by atoms with Crippen LogP contribution in [0.25, 0.3) is 11.4 Å². The molecule has 0 spiro atoms. The van der Waals surface area contributed by atoms with Gasteiger partial charge >= 0.3 is 0 Å². The Hall–Kier alpha value is -1.79. The molecule has 1 saturated heterocycles. The summed E-state index contributed by atoms with van der Waals surface area (Å²) in [7, 11) is 0. The molecule has 3 heterocycles. The van der Waals surface area contributed by atoms with Crippen molar-refractivity contribution >= 4 is 0 Å². The SMILES string of the molecule is NC1CCN(Cc2ccc(-c3cc(C4CC4)[nH]n3)nn2)C1. The highest BCUT2D eigenvalue weighted by Crippen LogP contribution is 2.39. The molecule has 0 radical (unpaired) electrons. The molecule has 3 N–H and O–H groups in total. The molecular formula is C15H20N6. The van der Waals surface area contributed by atoms with Gasteiger partial charge in [-0.3, -0.25) is 10.00 Å². The fraction of sp³-hybridized carbons (Fsp3) is 0.533. The minimum absolute atomic E-state index is 0.308. The molecule has 2 aromatic rings. The van der Waals surface area contributed by atoms with Gasteiger partial charge in [0.25, 0.3) is 0 Å². The quantitative estimate of drug-likeness (QED) is 0.883. The Morgan fingerprint density at radius 1 is 1.19 bits per heavy atom. The summed E-state index contributed by atoms with van der Waals surface area (Å²) in [6.07, 6.45) is 3.61. The van der Waals surface area contributed by atoms with Gasteiger partial charge in [0.2, 0.25) is 0 Å². The summed E-state index contributed by atoms with van der Waals surface area (Å²) in [4.78, 5) is 2.33. The van der Waals surface area contributed by atoms with E-state index in [2.05, 4.69) is 31.4 Å². The van der Waals surface area contributed by atoms with Crippen molar-refractivity contribution in [3.8, 4) is 11.4 Å². The Labute approximate surface area is 123 Å². The maximum absolute atomic E-state index is 5.92. The van der Waals surface area contributed by atoms with Crippen LogP contribution in [0.1, 0.15) is 36.6 Å². The molecular weight excluding hydrogens is 264 g/mol. The van der Waals surface area contributed by atoms with Gasteiger partial charge in [-0.15, -0.1) is 5.10 Å². The van der Waals surface area contributed by atoms with Gasteiger partial charge in [-0.1, -0.05) is 0 Å². The first-order valence-corrected chi connectivity index (χ1v) is 7.64. The molecule has 0 bridgehead atoms. The number of nitrogens with one attached hydrogen (secondary N) is 1. The number of hydrogen-bond donors (Lipinski definition) is 2. The van der Waals surface area contributed by atoms with E-state index in [-0.39, 0.29) is 0 Å². The Morgan fingerprint density at radius 2 is 2.10 bits per heavy atom. The molecule has 1 unspecified atom stereocenters. The highest BCUT2D eigenvalue weighted by molar-refractivity contribution is 5.53. The molecule has 6 nitrogen and oxygen atoms in total. The van der Waals surface area contributed by atoms with Crippen LogP contribution in [0.2, 0.25) is 0 Å². The number of rotatable bonds is 4. The van der Waals surface area contributed by atoms with Crippen LogP contribution in [-0.2, 0) is 6.54 Å². The number of aromatic nitrogens is 4. The molecule has 2 aromatic heterocycles. The lowest BCUT2D eigenvalue weighted by atomic mass is 10.2. The predicted molar refractivity (Wildman–Crippen MR) is 79.5 cm³/mol. The van der Waals surface area contributed by atoms with Gasteiger partial charge in [-0.2, -0.15) is 10.2 Å². The van der Waals surface area contributed by atoms with Crippen LogP contribution in [0.15, 0.2) is 18.2 Å². The van der Waals surface area contributed by atoms with Gasteiger partial charge in [0.05, 0.1) is 5.69 Å². The minimum atomic E-state index is 0.308. The Kier molecular flexibility index (Phi) is 3.20. The number of H-pyrrole nitrogens is 1. The average molecular weight is 284 g/mol. The second kappa shape index (κ2) is 5.20. The van der Waals surface area contributed by atoms with Crippen LogP contribution >= 0.6 is 0 Å². The average Bonchev–Trinajstić information content (AvgIpc) is 3.09. The number of nitrogens with two attached hydrogens (primary N) is 1. The summed E-state index contributed by atoms with van der Waals surface area (Å²) in [6, 6.07) is 6.45. The molecule has 1 aliphatic carbocycles. The monoisotopic (exact) mass is 284 g/mol. The predicted octanol–water partition coefficient (Wildman–Crippen LogP) is 1.28. The number of nitrogens with zero attached hydrogens (tertiary/aromatic N) is 4. The Morgan fingerprint density at radius 3 is 2.76 bits per heavy atom. The molecule has 6 heteroatoms. The standard InChI is InChI=1S/C15H20N6/c16-11-5-6-21(8-11)9-12-3-4-13(18-17-12)15-7-14(19-20-15)10-1-2-10/h3-4,7,10-11H,1-2,5-6,8-9,16H2,(H,19,20). The summed E-state index contributed by atoms with van der Waals surface area (Å²) in [5, 5.41) is 16.1. The fourth-order valence-electron chi connectivity index (χ4n) is 2.89. The van der Waals surface area contributed by atoms with Gasteiger partial charge in [-0.05, 0) is 37.5 Å². The number of hydrogen-bond acceptors (Lipinski definition) is 5. The van der Waals surface area contributed by atoms with Crippen LogP contribution in [-0.4, -0.2) is 44.4 Å². The van der Waals surface area contributed by atoms with E-state index in [1.54, 1.807) is 0 Å². The highest BCUT2D eigenvalue weighted by atomic mass is 15.2. The lowest BCUT2D eigenvalue weighted by Gasteiger charge is -2.13. The first-order valence-electron chi connectivity index (χ1n) is 7.64. The maximum Gasteiger partial charge on any atom is 0.113 e. The van der Waals surface area contributed by atoms with Crippen molar-refractivity contribution < 1.29 is 0 Å². The van der Waals surface area contributed by atoms with E-state index in [1.807, 2.05) is 12.1 Å². The van der Waals surface area contributed by atoms with Crippen molar-refractivity contribution in [1.82, 2.24) is 25.3 Å². The van der Waals surface area contributed by atoms with Crippen LogP contribution < -0.4 is 5.73 Å². The Balaban J connectivity index is 1.45. The number of aromatic amines is 1. The maximum atomic E-state index is 5.92. The van der Waals surface area contributed by atoms with Crippen molar-refractivity contribution in [3.05, 3.63) is 29.6 Å². The first-order chi connectivity index (χ1) is 10.3. The molecule has 0 aromatic carbocycles. The normalized spacial score (nSPS) is 22.8.